The summed E-state index contributed by atoms with van der Waals surface area (Å²) in [6.45, 7) is 10.0. The predicted molar refractivity (Wildman–Crippen MR) is 107 cm³/mol. The summed E-state index contributed by atoms with van der Waals surface area (Å²) in [5.41, 5.74) is 1.87. The monoisotopic (exact) mass is 398 g/mol. The molecule has 4 rings (SSSR count). The van der Waals surface area contributed by atoms with Crippen LogP contribution in [-0.2, 0) is 17.9 Å². The normalized spacial score (nSPS) is 23.3. The van der Waals surface area contributed by atoms with Crippen molar-refractivity contribution in [2.24, 2.45) is 5.41 Å². The van der Waals surface area contributed by atoms with E-state index in [0.29, 0.717) is 25.4 Å². The molecule has 1 spiro atoms. The van der Waals surface area contributed by atoms with E-state index in [1.807, 2.05) is 11.8 Å². The molecule has 2 saturated heterocycles. The lowest BCUT2D eigenvalue weighted by Crippen LogP contribution is -2.53. The van der Waals surface area contributed by atoms with Gasteiger partial charge in [-0.25, -0.2) is 0 Å². The van der Waals surface area contributed by atoms with Gasteiger partial charge in [-0.15, -0.1) is 0 Å². The highest BCUT2D eigenvalue weighted by atomic mass is 16.5. The Bertz CT molecular complexity index is 849. The fourth-order valence-electron chi connectivity index (χ4n) is 4.49. The Labute approximate surface area is 171 Å². The highest BCUT2D eigenvalue weighted by Crippen LogP contribution is 2.39. The van der Waals surface area contributed by atoms with Gasteiger partial charge in [-0.1, -0.05) is 19.0 Å². The molecular formula is C21H30N6O2. The molecule has 0 N–H and O–H groups in total. The topological polar surface area (TPSA) is 88.3 Å². The molecular weight excluding hydrogens is 368 g/mol. The number of carbonyl (C=O) groups excluding carboxylic acids is 1. The molecule has 0 saturated carbocycles. The minimum Gasteiger partial charge on any atom is -0.339 e. The third-order valence-corrected chi connectivity index (χ3v) is 6.02. The fraction of sp³-hybridized carbons (Fsp3) is 0.667. The smallest absolute Gasteiger partial charge is 0.229 e. The molecule has 2 aliphatic rings. The van der Waals surface area contributed by atoms with Crippen molar-refractivity contribution in [1.29, 1.82) is 0 Å². The fourth-order valence-corrected chi connectivity index (χ4v) is 4.49. The summed E-state index contributed by atoms with van der Waals surface area (Å²) in [7, 11) is 0. The molecule has 29 heavy (non-hydrogen) atoms. The van der Waals surface area contributed by atoms with E-state index in [9.17, 15) is 4.79 Å². The maximum Gasteiger partial charge on any atom is 0.229 e. The Balaban J connectivity index is 1.42. The molecule has 0 unspecified atom stereocenters. The largest absolute Gasteiger partial charge is 0.339 e. The number of hydrogen-bond acceptors (Lipinski definition) is 7. The number of aromatic nitrogens is 4. The van der Waals surface area contributed by atoms with Crippen LogP contribution in [0.1, 0.15) is 68.6 Å². The minimum atomic E-state index is 0.134. The van der Waals surface area contributed by atoms with Gasteiger partial charge in [0.2, 0.25) is 11.8 Å². The molecule has 2 aliphatic heterocycles. The molecule has 0 radical (unpaired) electrons. The lowest BCUT2D eigenvalue weighted by atomic mass is 9.73. The molecule has 156 valence electrons. The summed E-state index contributed by atoms with van der Waals surface area (Å²) < 4.78 is 5.36. The number of rotatable bonds is 5. The van der Waals surface area contributed by atoms with Gasteiger partial charge in [-0.05, 0) is 32.7 Å². The molecule has 8 nitrogen and oxygen atoms in total. The first-order valence-electron chi connectivity index (χ1n) is 10.5. The van der Waals surface area contributed by atoms with E-state index in [0.717, 1.165) is 56.1 Å². The van der Waals surface area contributed by atoms with E-state index < -0.39 is 0 Å². The number of hydrogen-bond donors (Lipinski definition) is 0. The van der Waals surface area contributed by atoms with Gasteiger partial charge >= 0.3 is 0 Å². The third-order valence-electron chi connectivity index (χ3n) is 6.02. The van der Waals surface area contributed by atoms with Crippen molar-refractivity contribution < 1.29 is 9.32 Å². The van der Waals surface area contributed by atoms with Crippen molar-refractivity contribution in [1.82, 2.24) is 29.9 Å². The first-order chi connectivity index (χ1) is 13.9. The Morgan fingerprint density at radius 3 is 2.76 bits per heavy atom. The molecule has 0 bridgehead atoms. The van der Waals surface area contributed by atoms with E-state index in [2.05, 4.69) is 38.9 Å². The highest BCUT2D eigenvalue weighted by Gasteiger charge is 2.42. The van der Waals surface area contributed by atoms with Crippen molar-refractivity contribution in [3.8, 4) is 0 Å². The molecule has 2 fully saturated rings. The zero-order valence-electron chi connectivity index (χ0n) is 17.6. The predicted octanol–water partition coefficient (Wildman–Crippen LogP) is 2.70. The van der Waals surface area contributed by atoms with Gasteiger partial charge in [-0.3, -0.25) is 19.7 Å². The highest BCUT2D eigenvalue weighted by molar-refractivity contribution is 5.77. The second-order valence-corrected chi connectivity index (χ2v) is 8.92. The summed E-state index contributed by atoms with van der Waals surface area (Å²) in [6.07, 6.45) is 7.37. The Hall–Kier alpha value is -2.35. The third kappa shape index (κ3) is 4.63. The average molecular weight is 399 g/mol. The van der Waals surface area contributed by atoms with Crippen molar-refractivity contribution in [3.63, 3.8) is 0 Å². The number of likely N-dealkylation sites (tertiary alicyclic amines) is 2. The number of carbonyl (C=O) groups is 1. The van der Waals surface area contributed by atoms with Crippen molar-refractivity contribution in [2.75, 3.05) is 19.6 Å². The van der Waals surface area contributed by atoms with Gasteiger partial charge in [-0.2, -0.15) is 4.98 Å². The van der Waals surface area contributed by atoms with Crippen molar-refractivity contribution in [2.45, 2.75) is 65.5 Å². The summed E-state index contributed by atoms with van der Waals surface area (Å²) in [5.74, 6) is 1.91. The quantitative estimate of drug-likeness (QED) is 0.765. The van der Waals surface area contributed by atoms with Gasteiger partial charge in [0, 0.05) is 37.0 Å². The van der Waals surface area contributed by atoms with E-state index >= 15 is 0 Å². The molecule has 2 aromatic rings. The second kappa shape index (κ2) is 8.18. The van der Waals surface area contributed by atoms with Crippen LogP contribution >= 0.6 is 0 Å². The number of amides is 1. The first-order valence-corrected chi connectivity index (χ1v) is 10.5. The van der Waals surface area contributed by atoms with Crippen LogP contribution in [0.2, 0.25) is 0 Å². The summed E-state index contributed by atoms with van der Waals surface area (Å²) in [6, 6.07) is 0. The van der Waals surface area contributed by atoms with Gasteiger partial charge in [0.15, 0.2) is 5.82 Å². The zero-order chi connectivity index (χ0) is 20.4. The van der Waals surface area contributed by atoms with E-state index in [1.54, 1.807) is 12.4 Å². The maximum absolute atomic E-state index is 12.6. The Kier molecular flexibility index (Phi) is 5.63. The molecule has 0 aromatic carbocycles. The molecule has 1 amide bonds. The van der Waals surface area contributed by atoms with Gasteiger partial charge in [0.05, 0.1) is 30.7 Å². The van der Waals surface area contributed by atoms with E-state index in [4.69, 9.17) is 4.52 Å². The minimum absolute atomic E-state index is 0.134. The second-order valence-electron chi connectivity index (χ2n) is 8.92. The van der Waals surface area contributed by atoms with E-state index in [-0.39, 0.29) is 17.2 Å². The maximum atomic E-state index is 12.6. The molecule has 2 aromatic heterocycles. The van der Waals surface area contributed by atoms with Crippen LogP contribution < -0.4 is 0 Å². The average Bonchev–Trinajstić information content (AvgIpc) is 3.16. The first kappa shape index (κ1) is 19.9. The number of nitrogens with zero attached hydrogens (tertiary/aromatic N) is 6. The van der Waals surface area contributed by atoms with Crippen LogP contribution in [0.5, 0.6) is 0 Å². The number of piperidine rings is 2. The molecule has 8 heteroatoms. The van der Waals surface area contributed by atoms with Crippen LogP contribution in [0.3, 0.4) is 0 Å². The molecule has 4 heterocycles. The summed E-state index contributed by atoms with van der Waals surface area (Å²) in [4.78, 5) is 30.2. The van der Waals surface area contributed by atoms with Crippen LogP contribution in [0.4, 0.5) is 0 Å². The van der Waals surface area contributed by atoms with Gasteiger partial charge in [0.25, 0.3) is 0 Å². The molecule has 0 aliphatic carbocycles. The van der Waals surface area contributed by atoms with Crippen LogP contribution in [-0.4, -0.2) is 55.4 Å². The SMILES string of the molecule is Cc1cnc(CN2C[C@@]3(CCCN(Cc4noc(C(C)C)n4)C3)CCC2=O)cn1. The van der Waals surface area contributed by atoms with Gasteiger partial charge in [0.1, 0.15) is 0 Å². The summed E-state index contributed by atoms with van der Waals surface area (Å²) >= 11 is 0. The van der Waals surface area contributed by atoms with Crippen LogP contribution in [0.25, 0.3) is 0 Å². The lowest BCUT2D eigenvalue weighted by molar-refractivity contribution is -0.140. The Morgan fingerprint density at radius 2 is 2.03 bits per heavy atom. The van der Waals surface area contributed by atoms with E-state index in [1.165, 1.54) is 0 Å². The lowest BCUT2D eigenvalue weighted by Gasteiger charge is -2.48. The van der Waals surface area contributed by atoms with Crippen molar-refractivity contribution in [3.05, 3.63) is 35.5 Å². The number of aryl methyl sites for hydroxylation is 1. The Morgan fingerprint density at radius 1 is 1.17 bits per heavy atom. The van der Waals surface area contributed by atoms with Crippen molar-refractivity contribution >= 4 is 5.91 Å². The van der Waals surface area contributed by atoms with Crippen LogP contribution in [0, 0.1) is 12.3 Å². The summed E-state index contributed by atoms with van der Waals surface area (Å²) in [5, 5.41) is 4.15. The molecule has 1 atom stereocenters. The zero-order valence-corrected chi connectivity index (χ0v) is 17.6. The van der Waals surface area contributed by atoms with Gasteiger partial charge < -0.3 is 9.42 Å². The standard InChI is InChI=1S/C21H30N6O2/c1-15(2)20-24-18(25-29-20)12-26-8-4-6-21(13-26)7-5-19(28)27(14-21)11-17-10-22-16(3)9-23-17/h9-10,15H,4-8,11-14H2,1-3H3/t21-/m0/s1. The van der Waals surface area contributed by atoms with Crippen LogP contribution in [0.15, 0.2) is 16.9 Å².